The number of rotatable bonds is 10. The van der Waals surface area contributed by atoms with Crippen LogP contribution in [0.3, 0.4) is 0 Å². The van der Waals surface area contributed by atoms with E-state index in [2.05, 4.69) is 29.2 Å². The molecule has 1 aliphatic rings. The maximum atomic E-state index is 13.2. The highest BCUT2D eigenvalue weighted by Gasteiger charge is 2.27. The number of amides is 3. The number of aromatic nitrogens is 2. The summed E-state index contributed by atoms with van der Waals surface area (Å²) in [4.78, 5) is 43.4. The van der Waals surface area contributed by atoms with Crippen molar-refractivity contribution in [3.8, 4) is 0 Å². The Morgan fingerprint density at radius 2 is 1.85 bits per heavy atom. The Bertz CT molecular complexity index is 1000. The zero-order valence-electron chi connectivity index (χ0n) is 20.1. The van der Waals surface area contributed by atoms with Gasteiger partial charge < -0.3 is 20.0 Å². The molecule has 3 rings (SSSR count). The average Bonchev–Trinajstić information content (AvgIpc) is 3.19. The van der Waals surface area contributed by atoms with Crippen LogP contribution in [-0.2, 0) is 17.9 Å². The molecular formula is C24H33FN6O3. The lowest BCUT2D eigenvalue weighted by molar-refractivity contribution is -0.121. The lowest BCUT2D eigenvalue weighted by Gasteiger charge is -2.20. The molecule has 1 N–H and O–H groups in total. The van der Waals surface area contributed by atoms with Gasteiger partial charge >= 0.3 is 0 Å². The quantitative estimate of drug-likeness (QED) is 0.567. The van der Waals surface area contributed by atoms with Crippen molar-refractivity contribution in [1.82, 2.24) is 29.8 Å². The third-order valence-electron chi connectivity index (χ3n) is 5.96. The summed E-state index contributed by atoms with van der Waals surface area (Å²) in [5.41, 5.74) is 1.29. The summed E-state index contributed by atoms with van der Waals surface area (Å²) < 4.78 is 14.7. The number of carbonyl (C=O) groups is 3. The van der Waals surface area contributed by atoms with Crippen molar-refractivity contribution >= 4 is 17.7 Å². The minimum atomic E-state index is -0.419. The van der Waals surface area contributed by atoms with E-state index in [1.54, 1.807) is 28.8 Å². The van der Waals surface area contributed by atoms with Gasteiger partial charge in [0.1, 0.15) is 11.5 Å². The van der Waals surface area contributed by atoms with Gasteiger partial charge in [0.2, 0.25) is 5.91 Å². The Balaban J connectivity index is 1.61. The molecule has 0 aliphatic carbocycles. The van der Waals surface area contributed by atoms with Gasteiger partial charge in [-0.15, -0.1) is 0 Å². The molecule has 0 saturated carbocycles. The van der Waals surface area contributed by atoms with E-state index in [0.717, 1.165) is 25.2 Å². The number of fused-ring (bicyclic) bond motifs is 1. The Morgan fingerprint density at radius 1 is 1.15 bits per heavy atom. The first kappa shape index (κ1) is 25.4. The molecule has 0 atom stereocenters. The van der Waals surface area contributed by atoms with Gasteiger partial charge in [-0.2, -0.15) is 5.10 Å². The number of halogens is 1. The van der Waals surface area contributed by atoms with E-state index >= 15 is 0 Å². The molecule has 0 saturated heterocycles. The van der Waals surface area contributed by atoms with Crippen LogP contribution in [0.1, 0.15) is 46.8 Å². The highest BCUT2D eigenvalue weighted by atomic mass is 19.1. The Morgan fingerprint density at radius 3 is 2.53 bits per heavy atom. The van der Waals surface area contributed by atoms with E-state index < -0.39 is 5.91 Å². The largest absolute Gasteiger partial charge is 0.353 e. The molecule has 1 aromatic carbocycles. The van der Waals surface area contributed by atoms with Crippen LogP contribution >= 0.6 is 0 Å². The molecule has 0 radical (unpaired) electrons. The van der Waals surface area contributed by atoms with Gasteiger partial charge in [-0.25, -0.2) is 4.39 Å². The summed E-state index contributed by atoms with van der Waals surface area (Å²) in [6, 6.07) is 7.54. The second-order valence-corrected chi connectivity index (χ2v) is 8.38. The number of hydrogen-bond acceptors (Lipinski definition) is 5. The van der Waals surface area contributed by atoms with Crippen LogP contribution in [0.5, 0.6) is 0 Å². The molecule has 2 aromatic rings. The van der Waals surface area contributed by atoms with E-state index in [4.69, 9.17) is 0 Å². The second-order valence-electron chi connectivity index (χ2n) is 8.38. The lowest BCUT2D eigenvalue weighted by Crippen LogP contribution is -2.41. The SMILES string of the molecule is CCN(CC)CCNC(=O)CN(C)C(=O)c1cc2n(n1)CCCN(Cc1ccc(F)cc1)C2=O. The third-order valence-corrected chi connectivity index (χ3v) is 5.96. The summed E-state index contributed by atoms with van der Waals surface area (Å²) in [7, 11) is 1.54. The van der Waals surface area contributed by atoms with Crippen LogP contribution in [0.25, 0.3) is 0 Å². The van der Waals surface area contributed by atoms with Crippen molar-refractivity contribution in [2.45, 2.75) is 33.4 Å². The Kier molecular flexibility index (Phi) is 8.75. The first-order chi connectivity index (χ1) is 16.3. The third kappa shape index (κ3) is 6.40. The number of likely N-dealkylation sites (N-methyl/N-ethyl adjacent to an activating group) is 2. The molecule has 2 heterocycles. The average molecular weight is 473 g/mol. The van der Waals surface area contributed by atoms with Crippen LogP contribution in [0.4, 0.5) is 4.39 Å². The van der Waals surface area contributed by atoms with E-state index in [1.807, 2.05) is 0 Å². The monoisotopic (exact) mass is 472 g/mol. The molecule has 34 heavy (non-hydrogen) atoms. The normalized spacial score (nSPS) is 13.6. The minimum absolute atomic E-state index is 0.0933. The smallest absolute Gasteiger partial charge is 0.274 e. The zero-order valence-corrected chi connectivity index (χ0v) is 20.1. The molecular weight excluding hydrogens is 439 g/mol. The van der Waals surface area contributed by atoms with Crippen molar-refractivity contribution in [2.24, 2.45) is 0 Å². The fourth-order valence-corrected chi connectivity index (χ4v) is 3.93. The number of benzene rings is 1. The molecule has 10 heteroatoms. The Labute approximate surface area is 199 Å². The van der Waals surface area contributed by atoms with Gasteiger partial charge in [0.15, 0.2) is 5.69 Å². The first-order valence-electron chi connectivity index (χ1n) is 11.7. The van der Waals surface area contributed by atoms with E-state index in [0.29, 0.717) is 38.3 Å². The summed E-state index contributed by atoms with van der Waals surface area (Å²) in [6.07, 6.45) is 0.681. The predicted octanol–water partition coefficient (Wildman–Crippen LogP) is 1.60. The predicted molar refractivity (Wildman–Crippen MR) is 126 cm³/mol. The number of hydrogen-bond donors (Lipinski definition) is 1. The first-order valence-corrected chi connectivity index (χ1v) is 11.7. The van der Waals surface area contributed by atoms with Crippen molar-refractivity contribution in [1.29, 1.82) is 0 Å². The molecule has 0 bridgehead atoms. The number of nitrogens with zero attached hydrogens (tertiary/aromatic N) is 5. The topological polar surface area (TPSA) is 90.8 Å². The van der Waals surface area contributed by atoms with Crippen LogP contribution in [0.2, 0.25) is 0 Å². The highest BCUT2D eigenvalue weighted by Crippen LogP contribution is 2.17. The van der Waals surface area contributed by atoms with Gasteiger partial charge in [0.25, 0.3) is 11.8 Å². The number of aryl methyl sites for hydroxylation is 1. The van der Waals surface area contributed by atoms with Gasteiger partial charge in [-0.3, -0.25) is 19.1 Å². The summed E-state index contributed by atoms with van der Waals surface area (Å²) in [5, 5.41) is 7.17. The fraction of sp³-hybridized carbons (Fsp3) is 0.500. The lowest BCUT2D eigenvalue weighted by atomic mass is 10.2. The van der Waals surface area contributed by atoms with Gasteiger partial charge in [-0.05, 0) is 37.2 Å². The molecule has 1 aliphatic heterocycles. The van der Waals surface area contributed by atoms with E-state index in [9.17, 15) is 18.8 Å². The van der Waals surface area contributed by atoms with Crippen LogP contribution in [0, 0.1) is 5.82 Å². The van der Waals surface area contributed by atoms with Gasteiger partial charge in [-0.1, -0.05) is 26.0 Å². The van der Waals surface area contributed by atoms with Gasteiger partial charge in [0, 0.05) is 45.8 Å². The molecule has 9 nitrogen and oxygen atoms in total. The van der Waals surface area contributed by atoms with Crippen molar-refractivity contribution < 1.29 is 18.8 Å². The van der Waals surface area contributed by atoms with Crippen LogP contribution in [-0.4, -0.2) is 88.5 Å². The summed E-state index contributed by atoms with van der Waals surface area (Å²) in [5.74, 6) is -1.22. The van der Waals surface area contributed by atoms with Crippen molar-refractivity contribution in [2.75, 3.05) is 46.3 Å². The molecule has 3 amide bonds. The van der Waals surface area contributed by atoms with Crippen LogP contribution < -0.4 is 5.32 Å². The minimum Gasteiger partial charge on any atom is -0.353 e. The fourth-order valence-electron chi connectivity index (χ4n) is 3.93. The summed E-state index contributed by atoms with van der Waals surface area (Å²) in [6.45, 7) is 8.52. The van der Waals surface area contributed by atoms with Gasteiger partial charge in [0.05, 0.1) is 6.54 Å². The second kappa shape index (κ2) is 11.7. The molecule has 184 valence electrons. The standard InChI is InChI=1S/C24H33FN6O3/c1-4-29(5-2)14-11-26-22(32)17-28(3)23(33)20-15-21-24(34)30(12-6-13-31(21)27-20)16-18-7-9-19(25)10-8-18/h7-10,15H,4-6,11-14,16-17H2,1-3H3,(H,26,32). The number of carbonyl (C=O) groups excluding carboxylic acids is 3. The Hall–Kier alpha value is -3.27. The van der Waals surface area contributed by atoms with Crippen molar-refractivity contribution in [3.05, 3.63) is 53.1 Å². The molecule has 0 spiro atoms. The molecule has 1 aromatic heterocycles. The maximum Gasteiger partial charge on any atom is 0.274 e. The van der Waals surface area contributed by atoms with E-state index in [1.165, 1.54) is 23.1 Å². The van der Waals surface area contributed by atoms with Crippen molar-refractivity contribution in [3.63, 3.8) is 0 Å². The molecule has 0 fully saturated rings. The van der Waals surface area contributed by atoms with E-state index in [-0.39, 0.29) is 29.9 Å². The number of nitrogens with one attached hydrogen (secondary N) is 1. The van der Waals surface area contributed by atoms with Crippen LogP contribution in [0.15, 0.2) is 30.3 Å². The summed E-state index contributed by atoms with van der Waals surface area (Å²) >= 11 is 0. The highest BCUT2D eigenvalue weighted by molar-refractivity contribution is 5.99. The zero-order chi connectivity index (χ0) is 24.7. The molecule has 0 unspecified atom stereocenters. The maximum absolute atomic E-state index is 13.2.